The van der Waals surface area contributed by atoms with Crippen LogP contribution in [-0.2, 0) is 15.1 Å². The van der Waals surface area contributed by atoms with Crippen molar-refractivity contribution in [3.8, 4) is 11.3 Å². The number of thiophene rings is 1. The molecule has 0 spiro atoms. The minimum atomic E-state index is -0.807. The maximum absolute atomic E-state index is 14.7. The van der Waals surface area contributed by atoms with Gasteiger partial charge in [-0.05, 0) is 49.9 Å². The van der Waals surface area contributed by atoms with Crippen LogP contribution in [0.2, 0.25) is 5.15 Å². The monoisotopic (exact) mass is 586 g/mol. The Balaban J connectivity index is 0.000000677. The number of fused-ring (bicyclic) bond motifs is 1. The number of ether oxygens (including phenoxy) is 2. The van der Waals surface area contributed by atoms with Crippen LogP contribution in [0.25, 0.3) is 21.3 Å². The van der Waals surface area contributed by atoms with Crippen LogP contribution < -0.4 is 11.5 Å². The van der Waals surface area contributed by atoms with Crippen molar-refractivity contribution >= 4 is 38.7 Å². The molecule has 0 aliphatic carbocycles. The van der Waals surface area contributed by atoms with Gasteiger partial charge in [0.25, 0.3) is 0 Å². The zero-order valence-electron chi connectivity index (χ0n) is 24.3. The second-order valence-electron chi connectivity index (χ2n) is 10.0. The predicted octanol–water partition coefficient (Wildman–Crippen LogP) is 8.61. The normalized spacial score (nSPS) is 18.4. The summed E-state index contributed by atoms with van der Waals surface area (Å²) < 4.78 is 27.7. The van der Waals surface area contributed by atoms with E-state index in [1.54, 1.807) is 6.20 Å². The lowest BCUT2D eigenvalue weighted by Gasteiger charge is -2.25. The Morgan fingerprint density at radius 3 is 2.42 bits per heavy atom. The molecule has 9 heteroatoms. The number of benzene rings is 1. The average Bonchev–Trinajstić information content (AvgIpc) is 3.52. The summed E-state index contributed by atoms with van der Waals surface area (Å²) in [6.07, 6.45) is 5.60. The minimum absolute atomic E-state index is 0.00111. The highest BCUT2D eigenvalue weighted by atomic mass is 35.5. The van der Waals surface area contributed by atoms with E-state index in [1.807, 2.05) is 71.0 Å². The Morgan fingerprint density at radius 1 is 1.10 bits per heavy atom. The molecule has 4 N–H and O–H groups in total. The highest BCUT2D eigenvalue weighted by molar-refractivity contribution is 7.19. The van der Waals surface area contributed by atoms with E-state index in [1.165, 1.54) is 30.4 Å². The lowest BCUT2D eigenvalue weighted by atomic mass is 9.96. The number of anilines is 1. The minimum Gasteiger partial charge on any atom is -0.395 e. The maximum atomic E-state index is 14.7. The highest BCUT2D eigenvalue weighted by Crippen LogP contribution is 2.42. The molecule has 3 aromatic heterocycles. The number of halogens is 2. The van der Waals surface area contributed by atoms with Gasteiger partial charge in [-0.3, -0.25) is 4.98 Å². The summed E-state index contributed by atoms with van der Waals surface area (Å²) in [5.41, 5.74) is 14.3. The Morgan fingerprint density at radius 2 is 1.80 bits per heavy atom. The lowest BCUT2D eigenvalue weighted by molar-refractivity contribution is -0.159. The predicted molar refractivity (Wildman–Crippen MR) is 165 cm³/mol. The number of nitrogen functional groups attached to an aromatic ring is 1. The molecule has 1 fully saturated rings. The van der Waals surface area contributed by atoms with Gasteiger partial charge in [-0.2, -0.15) is 0 Å². The number of aromatic nitrogens is 2. The Kier molecular flexibility index (Phi) is 10.7. The van der Waals surface area contributed by atoms with E-state index < -0.39 is 23.2 Å². The molecule has 6 nitrogen and oxygen atoms in total. The summed E-state index contributed by atoms with van der Waals surface area (Å²) in [5, 5.41) is 0.975. The van der Waals surface area contributed by atoms with Crippen LogP contribution in [0, 0.1) is 5.82 Å². The van der Waals surface area contributed by atoms with Gasteiger partial charge >= 0.3 is 0 Å². The van der Waals surface area contributed by atoms with Crippen LogP contribution in [0.15, 0.2) is 48.8 Å². The third-order valence-corrected chi connectivity index (χ3v) is 8.09. The fourth-order valence-corrected chi connectivity index (χ4v) is 5.75. The standard InChI is InChI=1S/C25H24ClFN4O2S.C4H10.C2H6/c1-24(2)32-12-25(3,33-24)14-7-8-30-17(10-14)15-6-4-5-13-9-18(34-22(13)15)21(29)19-20(27)16(28)11-31-23(19)26;1-3-4-2;1-2/h4-11,21H,12,28-29H2,1-3H3;3-4H2,1-2H3;1-2H3. The quantitative estimate of drug-likeness (QED) is 0.227. The summed E-state index contributed by atoms with van der Waals surface area (Å²) >= 11 is 7.64. The van der Waals surface area contributed by atoms with Gasteiger partial charge in [0.2, 0.25) is 0 Å². The number of nitrogens with zero attached hydrogens (tertiary/aromatic N) is 2. The number of rotatable bonds is 5. The Hall–Kier alpha value is -2.62. The van der Waals surface area contributed by atoms with E-state index in [9.17, 15) is 4.39 Å². The Labute approximate surface area is 245 Å². The first-order valence-electron chi connectivity index (χ1n) is 13.7. The van der Waals surface area contributed by atoms with Crippen LogP contribution in [0.1, 0.15) is 83.4 Å². The lowest BCUT2D eigenvalue weighted by Crippen LogP contribution is -2.28. The van der Waals surface area contributed by atoms with E-state index in [2.05, 4.69) is 23.8 Å². The van der Waals surface area contributed by atoms with E-state index in [-0.39, 0.29) is 16.4 Å². The summed E-state index contributed by atoms with van der Waals surface area (Å²) in [4.78, 5) is 9.33. The molecule has 1 aliphatic rings. The van der Waals surface area contributed by atoms with E-state index in [4.69, 9.17) is 32.5 Å². The van der Waals surface area contributed by atoms with Gasteiger partial charge in [0, 0.05) is 26.9 Å². The summed E-state index contributed by atoms with van der Waals surface area (Å²) in [6, 6.07) is 11.1. The molecule has 4 aromatic rings. The smallest absolute Gasteiger partial charge is 0.164 e. The number of hydrogen-bond donors (Lipinski definition) is 2. The second kappa shape index (κ2) is 13.4. The number of hydrogen-bond acceptors (Lipinski definition) is 7. The first-order valence-corrected chi connectivity index (χ1v) is 14.9. The second-order valence-corrected chi connectivity index (χ2v) is 11.5. The molecule has 4 heterocycles. The topological polar surface area (TPSA) is 96.3 Å². The van der Waals surface area contributed by atoms with E-state index in [0.717, 1.165) is 31.8 Å². The average molecular weight is 587 g/mol. The third kappa shape index (κ3) is 6.81. The van der Waals surface area contributed by atoms with E-state index >= 15 is 0 Å². The molecule has 5 rings (SSSR count). The van der Waals surface area contributed by atoms with Gasteiger partial charge in [-0.25, -0.2) is 9.37 Å². The molecule has 1 aliphatic heterocycles. The van der Waals surface area contributed by atoms with Gasteiger partial charge in [0.1, 0.15) is 10.8 Å². The Bertz CT molecular complexity index is 1440. The zero-order chi connectivity index (χ0) is 29.7. The van der Waals surface area contributed by atoms with Crippen molar-refractivity contribution in [2.75, 3.05) is 12.3 Å². The molecule has 0 saturated carbocycles. The third-order valence-electron chi connectivity index (χ3n) is 6.52. The van der Waals surface area contributed by atoms with Crippen LogP contribution in [0.5, 0.6) is 0 Å². The summed E-state index contributed by atoms with van der Waals surface area (Å²) in [7, 11) is 0. The highest BCUT2D eigenvalue weighted by Gasteiger charge is 2.43. The molecule has 0 bridgehead atoms. The van der Waals surface area contributed by atoms with Crippen molar-refractivity contribution in [3.05, 3.63) is 75.8 Å². The summed E-state index contributed by atoms with van der Waals surface area (Å²) in [5.74, 6) is -1.29. The molecule has 1 saturated heterocycles. The molecule has 0 radical (unpaired) electrons. The van der Waals surface area contributed by atoms with Crippen molar-refractivity contribution in [2.24, 2.45) is 5.73 Å². The molecular weight excluding hydrogens is 547 g/mol. The van der Waals surface area contributed by atoms with Gasteiger partial charge in [0.15, 0.2) is 11.6 Å². The molecule has 2 unspecified atom stereocenters. The number of pyridine rings is 2. The van der Waals surface area contributed by atoms with Crippen molar-refractivity contribution in [2.45, 2.75) is 78.7 Å². The molecule has 0 amide bonds. The largest absolute Gasteiger partial charge is 0.395 e. The molecule has 40 heavy (non-hydrogen) atoms. The fraction of sp³-hybridized carbons (Fsp3) is 0.419. The molecule has 2 atom stereocenters. The number of unbranched alkanes of at least 4 members (excludes halogenated alkanes) is 1. The first-order chi connectivity index (χ1) is 19.0. The van der Waals surface area contributed by atoms with Crippen LogP contribution in [-0.4, -0.2) is 22.4 Å². The molecule has 1 aromatic carbocycles. The van der Waals surface area contributed by atoms with Crippen molar-refractivity contribution in [1.29, 1.82) is 0 Å². The van der Waals surface area contributed by atoms with E-state index in [0.29, 0.717) is 6.61 Å². The van der Waals surface area contributed by atoms with Crippen molar-refractivity contribution < 1.29 is 13.9 Å². The van der Waals surface area contributed by atoms with Crippen LogP contribution in [0.3, 0.4) is 0 Å². The zero-order valence-corrected chi connectivity index (χ0v) is 25.9. The molecule has 216 valence electrons. The van der Waals surface area contributed by atoms with Gasteiger partial charge in [0.05, 0.1) is 30.2 Å². The van der Waals surface area contributed by atoms with Crippen LogP contribution >= 0.6 is 22.9 Å². The van der Waals surface area contributed by atoms with Crippen molar-refractivity contribution in [1.82, 2.24) is 9.97 Å². The molecular formula is C31H40ClFN4O2S. The van der Waals surface area contributed by atoms with Gasteiger partial charge < -0.3 is 20.9 Å². The first kappa shape index (κ1) is 31.9. The van der Waals surface area contributed by atoms with Crippen molar-refractivity contribution in [3.63, 3.8) is 0 Å². The SMILES string of the molecule is CC.CC1(C)OCC(C)(c2ccnc(-c3cccc4cc(C(N)c5c(Cl)ncc(N)c5F)sc34)c2)O1.CCCC. The number of nitrogens with two attached hydrogens (primary N) is 2. The fourth-order valence-electron chi connectivity index (χ4n) is 4.31. The van der Waals surface area contributed by atoms with Crippen LogP contribution in [0.4, 0.5) is 10.1 Å². The maximum Gasteiger partial charge on any atom is 0.164 e. The summed E-state index contributed by atoms with van der Waals surface area (Å²) in [6.45, 7) is 14.6. The van der Waals surface area contributed by atoms with Gasteiger partial charge in [-0.15, -0.1) is 11.3 Å². The van der Waals surface area contributed by atoms with Gasteiger partial charge in [-0.1, -0.05) is 70.3 Å².